The molecule has 0 bridgehead atoms. The van der Waals surface area contributed by atoms with Gasteiger partial charge >= 0.3 is 0 Å². The highest BCUT2D eigenvalue weighted by Gasteiger charge is 2.09. The normalized spacial score (nSPS) is 11.0. The van der Waals surface area contributed by atoms with Gasteiger partial charge in [0.05, 0.1) is 17.5 Å². The monoisotopic (exact) mass is 287 g/mol. The van der Waals surface area contributed by atoms with Crippen molar-refractivity contribution in [3.05, 3.63) is 46.4 Å². The first-order valence-corrected chi connectivity index (χ1v) is 7.09. The molecule has 1 aromatic carbocycles. The SMILES string of the molecule is CC(C)Oc1ccccc1Nc1nc(C(C)C)cc(=O)[nH]1. The number of nitrogens with one attached hydrogen (secondary N) is 2. The molecular formula is C16H21N3O2. The number of anilines is 2. The molecule has 0 unspecified atom stereocenters. The van der Waals surface area contributed by atoms with E-state index in [1.54, 1.807) is 0 Å². The van der Waals surface area contributed by atoms with E-state index < -0.39 is 0 Å². The molecule has 112 valence electrons. The van der Waals surface area contributed by atoms with Crippen molar-refractivity contribution in [3.8, 4) is 5.75 Å². The standard InChI is InChI=1S/C16H21N3O2/c1-10(2)13-9-15(20)19-16(18-13)17-12-7-5-6-8-14(12)21-11(3)4/h5-11H,1-4H3,(H2,17,18,19,20). The Labute approximate surface area is 124 Å². The number of para-hydroxylation sites is 2. The Morgan fingerprint density at radius 1 is 1.19 bits per heavy atom. The van der Waals surface area contributed by atoms with E-state index >= 15 is 0 Å². The first-order valence-electron chi connectivity index (χ1n) is 7.09. The molecule has 0 aliphatic rings. The van der Waals surface area contributed by atoms with Crippen LogP contribution < -0.4 is 15.6 Å². The van der Waals surface area contributed by atoms with Gasteiger partial charge in [-0.2, -0.15) is 0 Å². The number of hydrogen-bond donors (Lipinski definition) is 2. The lowest BCUT2D eigenvalue weighted by Crippen LogP contribution is -2.13. The fraction of sp³-hybridized carbons (Fsp3) is 0.375. The van der Waals surface area contributed by atoms with Crippen molar-refractivity contribution >= 4 is 11.6 Å². The molecule has 1 aromatic heterocycles. The van der Waals surface area contributed by atoms with Crippen molar-refractivity contribution in [2.75, 3.05) is 5.32 Å². The fourth-order valence-electron chi connectivity index (χ4n) is 1.89. The first kappa shape index (κ1) is 15.1. The van der Waals surface area contributed by atoms with Crippen LogP contribution in [0.2, 0.25) is 0 Å². The number of aromatic amines is 1. The Bertz CT molecular complexity index is 663. The summed E-state index contributed by atoms with van der Waals surface area (Å²) < 4.78 is 5.74. The average molecular weight is 287 g/mol. The van der Waals surface area contributed by atoms with Gasteiger partial charge in [-0.1, -0.05) is 26.0 Å². The van der Waals surface area contributed by atoms with Crippen molar-refractivity contribution in [1.29, 1.82) is 0 Å². The zero-order valence-corrected chi connectivity index (χ0v) is 12.8. The maximum atomic E-state index is 11.7. The highest BCUT2D eigenvalue weighted by atomic mass is 16.5. The van der Waals surface area contributed by atoms with Gasteiger partial charge in [0.2, 0.25) is 5.95 Å². The number of benzene rings is 1. The van der Waals surface area contributed by atoms with E-state index in [1.807, 2.05) is 52.0 Å². The third-order valence-corrected chi connectivity index (χ3v) is 2.86. The van der Waals surface area contributed by atoms with E-state index in [0.29, 0.717) is 5.95 Å². The van der Waals surface area contributed by atoms with Gasteiger partial charge in [-0.3, -0.25) is 9.78 Å². The molecule has 0 radical (unpaired) electrons. The molecule has 2 aromatic rings. The van der Waals surface area contributed by atoms with Crippen LogP contribution in [-0.2, 0) is 0 Å². The summed E-state index contributed by atoms with van der Waals surface area (Å²) in [5, 5.41) is 3.12. The summed E-state index contributed by atoms with van der Waals surface area (Å²) >= 11 is 0. The van der Waals surface area contributed by atoms with Crippen molar-refractivity contribution < 1.29 is 4.74 Å². The Hall–Kier alpha value is -2.30. The fourth-order valence-corrected chi connectivity index (χ4v) is 1.89. The van der Waals surface area contributed by atoms with Crippen molar-refractivity contribution in [1.82, 2.24) is 9.97 Å². The zero-order chi connectivity index (χ0) is 15.4. The Morgan fingerprint density at radius 2 is 1.90 bits per heavy atom. The number of hydrogen-bond acceptors (Lipinski definition) is 4. The molecule has 0 saturated carbocycles. The molecule has 0 spiro atoms. The minimum Gasteiger partial charge on any atom is -0.489 e. The Balaban J connectivity index is 2.32. The van der Waals surface area contributed by atoms with E-state index in [-0.39, 0.29) is 17.6 Å². The number of ether oxygens (including phenoxy) is 1. The molecule has 21 heavy (non-hydrogen) atoms. The molecule has 0 fully saturated rings. The maximum absolute atomic E-state index is 11.7. The summed E-state index contributed by atoms with van der Waals surface area (Å²) in [6.45, 7) is 7.94. The lowest BCUT2D eigenvalue weighted by molar-refractivity contribution is 0.244. The van der Waals surface area contributed by atoms with Crippen LogP contribution in [0, 0.1) is 0 Å². The van der Waals surface area contributed by atoms with Gasteiger partial charge in [0.1, 0.15) is 5.75 Å². The molecule has 2 rings (SSSR count). The highest BCUT2D eigenvalue weighted by Crippen LogP contribution is 2.27. The van der Waals surface area contributed by atoms with E-state index in [4.69, 9.17) is 4.74 Å². The summed E-state index contributed by atoms with van der Waals surface area (Å²) in [7, 11) is 0. The lowest BCUT2D eigenvalue weighted by atomic mass is 10.1. The molecule has 0 aliphatic heterocycles. The van der Waals surface area contributed by atoms with Gasteiger partial charge in [-0.15, -0.1) is 0 Å². The topological polar surface area (TPSA) is 67.0 Å². The smallest absolute Gasteiger partial charge is 0.252 e. The highest BCUT2D eigenvalue weighted by molar-refractivity contribution is 5.62. The molecule has 2 N–H and O–H groups in total. The molecule has 5 nitrogen and oxygen atoms in total. The van der Waals surface area contributed by atoms with Crippen LogP contribution in [0.1, 0.15) is 39.3 Å². The predicted molar refractivity (Wildman–Crippen MR) is 84.4 cm³/mol. The third kappa shape index (κ3) is 4.08. The quantitative estimate of drug-likeness (QED) is 0.884. The third-order valence-electron chi connectivity index (χ3n) is 2.86. The van der Waals surface area contributed by atoms with Crippen LogP contribution in [0.3, 0.4) is 0 Å². The van der Waals surface area contributed by atoms with Crippen LogP contribution in [0.15, 0.2) is 35.1 Å². The van der Waals surface area contributed by atoms with Gasteiger partial charge in [0.15, 0.2) is 0 Å². The maximum Gasteiger partial charge on any atom is 0.252 e. The molecule has 0 amide bonds. The second-order valence-electron chi connectivity index (χ2n) is 5.46. The summed E-state index contributed by atoms with van der Waals surface area (Å²) in [6, 6.07) is 9.10. The Morgan fingerprint density at radius 3 is 2.57 bits per heavy atom. The molecule has 0 aliphatic carbocycles. The zero-order valence-electron chi connectivity index (χ0n) is 12.8. The summed E-state index contributed by atoms with van der Waals surface area (Å²) in [5.41, 5.74) is 1.36. The van der Waals surface area contributed by atoms with Crippen LogP contribution in [0.5, 0.6) is 5.75 Å². The number of aromatic nitrogens is 2. The van der Waals surface area contributed by atoms with Crippen molar-refractivity contribution in [2.45, 2.75) is 39.7 Å². The summed E-state index contributed by atoms with van der Waals surface area (Å²) in [5.74, 6) is 1.34. The molecule has 1 heterocycles. The van der Waals surface area contributed by atoms with E-state index in [1.165, 1.54) is 6.07 Å². The van der Waals surface area contributed by atoms with Crippen LogP contribution in [0.25, 0.3) is 0 Å². The lowest BCUT2D eigenvalue weighted by Gasteiger charge is -2.15. The second kappa shape index (κ2) is 6.43. The number of nitrogens with zero attached hydrogens (tertiary/aromatic N) is 1. The Kier molecular flexibility index (Phi) is 4.62. The van der Waals surface area contributed by atoms with Gasteiger partial charge in [0.25, 0.3) is 5.56 Å². The second-order valence-corrected chi connectivity index (χ2v) is 5.46. The first-order chi connectivity index (χ1) is 9.95. The van der Waals surface area contributed by atoms with Crippen molar-refractivity contribution in [2.24, 2.45) is 0 Å². The van der Waals surface area contributed by atoms with Gasteiger partial charge in [-0.05, 0) is 31.9 Å². The molecule has 5 heteroatoms. The van der Waals surface area contributed by atoms with Crippen LogP contribution in [-0.4, -0.2) is 16.1 Å². The van der Waals surface area contributed by atoms with Gasteiger partial charge < -0.3 is 10.1 Å². The van der Waals surface area contributed by atoms with Gasteiger partial charge in [0, 0.05) is 6.07 Å². The number of H-pyrrole nitrogens is 1. The van der Waals surface area contributed by atoms with Gasteiger partial charge in [-0.25, -0.2) is 4.98 Å². The molecular weight excluding hydrogens is 266 g/mol. The van der Waals surface area contributed by atoms with Crippen molar-refractivity contribution in [3.63, 3.8) is 0 Å². The van der Waals surface area contributed by atoms with E-state index in [9.17, 15) is 4.79 Å². The average Bonchev–Trinajstić information content (AvgIpc) is 2.39. The minimum absolute atomic E-state index is 0.0713. The summed E-state index contributed by atoms with van der Waals surface area (Å²) in [6.07, 6.45) is 0.0713. The van der Waals surface area contributed by atoms with Crippen LogP contribution >= 0.6 is 0 Å². The van der Waals surface area contributed by atoms with Crippen LogP contribution in [0.4, 0.5) is 11.6 Å². The minimum atomic E-state index is -0.168. The summed E-state index contributed by atoms with van der Waals surface area (Å²) in [4.78, 5) is 18.8. The number of rotatable bonds is 5. The molecule has 0 atom stereocenters. The van der Waals surface area contributed by atoms with E-state index in [0.717, 1.165) is 17.1 Å². The van der Waals surface area contributed by atoms with E-state index in [2.05, 4.69) is 15.3 Å². The predicted octanol–water partition coefficient (Wildman–Crippen LogP) is 3.42. The largest absolute Gasteiger partial charge is 0.489 e. The molecule has 0 saturated heterocycles.